The maximum absolute atomic E-state index is 2.52. The standard InChI is InChI=1S/C54H40/c1-53(2)47-23-12-11-18-39(47)45-31-50-46(32-49(45)53)40-27-26-38(30-48(40)54(50,3)4)52-43-21-9-7-19-41(43)51(42-20-8-10-22-44(42)52)37-17-13-16-35(29-37)36-25-24-33-14-5-6-15-34(33)28-36/h5-32H,1-4H3. The highest BCUT2D eigenvalue weighted by atomic mass is 14.4. The van der Waals surface area contributed by atoms with Crippen molar-refractivity contribution in [1.82, 2.24) is 0 Å². The molecular formula is C54H40. The van der Waals surface area contributed by atoms with Crippen LogP contribution in [-0.2, 0) is 10.8 Å². The van der Waals surface area contributed by atoms with Crippen molar-refractivity contribution in [2.75, 3.05) is 0 Å². The third kappa shape index (κ3) is 4.32. The van der Waals surface area contributed by atoms with Gasteiger partial charge in [-0.2, -0.15) is 0 Å². The van der Waals surface area contributed by atoms with E-state index in [0.29, 0.717) is 0 Å². The molecular weight excluding hydrogens is 649 g/mol. The van der Waals surface area contributed by atoms with Crippen LogP contribution in [0.4, 0.5) is 0 Å². The molecule has 256 valence electrons. The maximum atomic E-state index is 2.52. The summed E-state index contributed by atoms with van der Waals surface area (Å²) in [4.78, 5) is 0. The second-order valence-electron chi connectivity index (χ2n) is 16.5. The Morgan fingerprint density at radius 1 is 0.278 bits per heavy atom. The van der Waals surface area contributed by atoms with E-state index in [9.17, 15) is 0 Å². The highest BCUT2D eigenvalue weighted by Crippen LogP contribution is 2.57. The first kappa shape index (κ1) is 31.3. The first-order chi connectivity index (χ1) is 26.3. The smallest absolute Gasteiger partial charge is 0.0159 e. The molecule has 0 saturated carbocycles. The van der Waals surface area contributed by atoms with Crippen molar-refractivity contribution >= 4 is 32.3 Å². The molecule has 0 unspecified atom stereocenters. The molecule has 0 amide bonds. The lowest BCUT2D eigenvalue weighted by Gasteiger charge is -2.24. The van der Waals surface area contributed by atoms with Gasteiger partial charge in [0, 0.05) is 10.8 Å². The van der Waals surface area contributed by atoms with E-state index in [4.69, 9.17) is 0 Å². The van der Waals surface area contributed by atoms with Gasteiger partial charge in [-0.15, -0.1) is 0 Å². The number of rotatable bonds is 3. The molecule has 0 aromatic heterocycles. The SMILES string of the molecule is CC1(C)c2ccccc2-c2cc3c(cc21)-c1ccc(-c2c4ccccc4c(-c4cccc(-c5ccc6ccccc6c5)c4)c4ccccc24)cc1C3(C)C. The topological polar surface area (TPSA) is 0 Å². The minimum atomic E-state index is -0.133. The molecule has 2 aliphatic rings. The van der Waals surface area contributed by atoms with Crippen LogP contribution < -0.4 is 0 Å². The number of hydrogen-bond donors (Lipinski definition) is 0. The van der Waals surface area contributed by atoms with Gasteiger partial charge in [0.1, 0.15) is 0 Å². The van der Waals surface area contributed by atoms with Gasteiger partial charge in [0.25, 0.3) is 0 Å². The lowest BCUT2D eigenvalue weighted by Crippen LogP contribution is -2.17. The molecule has 0 N–H and O–H groups in total. The Morgan fingerprint density at radius 3 is 1.41 bits per heavy atom. The van der Waals surface area contributed by atoms with Crippen LogP contribution in [0, 0.1) is 0 Å². The molecule has 0 nitrogen and oxygen atoms in total. The molecule has 11 rings (SSSR count). The molecule has 54 heavy (non-hydrogen) atoms. The zero-order valence-electron chi connectivity index (χ0n) is 31.2. The molecule has 0 heteroatoms. The average molecular weight is 689 g/mol. The highest BCUT2D eigenvalue weighted by molar-refractivity contribution is 6.21. The zero-order valence-corrected chi connectivity index (χ0v) is 31.2. The molecule has 0 bridgehead atoms. The summed E-state index contributed by atoms with van der Waals surface area (Å²) in [6, 6.07) is 63.9. The molecule has 0 radical (unpaired) electrons. The molecule has 0 fully saturated rings. The summed E-state index contributed by atoms with van der Waals surface area (Å²) in [6.07, 6.45) is 0. The monoisotopic (exact) mass is 688 g/mol. The van der Waals surface area contributed by atoms with Crippen molar-refractivity contribution in [3.63, 3.8) is 0 Å². The van der Waals surface area contributed by atoms with Crippen molar-refractivity contribution in [2.24, 2.45) is 0 Å². The number of benzene rings is 9. The fourth-order valence-electron chi connectivity index (χ4n) is 10.1. The quantitative estimate of drug-likeness (QED) is 0.162. The van der Waals surface area contributed by atoms with Crippen LogP contribution in [0.2, 0.25) is 0 Å². The first-order valence-electron chi connectivity index (χ1n) is 19.3. The summed E-state index contributed by atoms with van der Waals surface area (Å²) in [5, 5.41) is 7.66. The minimum Gasteiger partial charge on any atom is -0.0619 e. The molecule has 0 spiro atoms. The largest absolute Gasteiger partial charge is 0.0619 e. The summed E-state index contributed by atoms with van der Waals surface area (Å²) in [6.45, 7) is 9.60. The Hall–Kier alpha value is -6.24. The minimum absolute atomic E-state index is 0.0254. The number of hydrogen-bond acceptors (Lipinski definition) is 0. The summed E-state index contributed by atoms with van der Waals surface area (Å²) in [5.41, 5.74) is 18.7. The zero-order chi connectivity index (χ0) is 36.3. The van der Waals surface area contributed by atoms with Gasteiger partial charge in [0.2, 0.25) is 0 Å². The van der Waals surface area contributed by atoms with Crippen molar-refractivity contribution in [2.45, 2.75) is 38.5 Å². The molecule has 0 heterocycles. The van der Waals surface area contributed by atoms with Gasteiger partial charge >= 0.3 is 0 Å². The Morgan fingerprint density at radius 2 is 0.741 bits per heavy atom. The lowest BCUT2D eigenvalue weighted by atomic mass is 9.78. The summed E-state index contributed by atoms with van der Waals surface area (Å²) in [7, 11) is 0. The van der Waals surface area contributed by atoms with Crippen LogP contribution >= 0.6 is 0 Å². The van der Waals surface area contributed by atoms with Crippen molar-refractivity contribution in [3.8, 4) is 55.6 Å². The predicted molar refractivity (Wildman–Crippen MR) is 230 cm³/mol. The fraction of sp³-hybridized carbons (Fsp3) is 0.111. The second-order valence-corrected chi connectivity index (χ2v) is 16.5. The predicted octanol–water partition coefficient (Wildman–Crippen LogP) is 14.8. The molecule has 2 aliphatic carbocycles. The van der Waals surface area contributed by atoms with Crippen molar-refractivity contribution < 1.29 is 0 Å². The van der Waals surface area contributed by atoms with Crippen LogP contribution in [0.1, 0.15) is 49.9 Å². The average Bonchev–Trinajstić information content (AvgIpc) is 3.57. The van der Waals surface area contributed by atoms with E-state index in [0.717, 1.165) is 0 Å². The summed E-state index contributed by atoms with van der Waals surface area (Å²) < 4.78 is 0. The molecule has 0 saturated heterocycles. The van der Waals surface area contributed by atoms with Gasteiger partial charge in [0.15, 0.2) is 0 Å². The molecule has 0 atom stereocenters. The van der Waals surface area contributed by atoms with Gasteiger partial charge in [-0.25, -0.2) is 0 Å². The third-order valence-electron chi connectivity index (χ3n) is 12.8. The van der Waals surface area contributed by atoms with Gasteiger partial charge in [-0.3, -0.25) is 0 Å². The fourth-order valence-corrected chi connectivity index (χ4v) is 10.1. The van der Waals surface area contributed by atoms with E-state index in [1.807, 2.05) is 0 Å². The maximum Gasteiger partial charge on any atom is 0.0159 e. The van der Waals surface area contributed by atoms with Crippen LogP contribution in [-0.4, -0.2) is 0 Å². The van der Waals surface area contributed by atoms with E-state index >= 15 is 0 Å². The van der Waals surface area contributed by atoms with Gasteiger partial charge in [-0.05, 0) is 141 Å². The van der Waals surface area contributed by atoms with Gasteiger partial charge in [0.05, 0.1) is 0 Å². The van der Waals surface area contributed by atoms with E-state index in [-0.39, 0.29) is 10.8 Å². The third-order valence-corrected chi connectivity index (χ3v) is 12.8. The van der Waals surface area contributed by atoms with Gasteiger partial charge < -0.3 is 0 Å². The van der Waals surface area contributed by atoms with E-state index in [1.54, 1.807) is 0 Å². The summed E-state index contributed by atoms with van der Waals surface area (Å²) in [5.74, 6) is 0. The van der Waals surface area contributed by atoms with Crippen LogP contribution in [0.5, 0.6) is 0 Å². The normalized spacial score (nSPS) is 14.6. The van der Waals surface area contributed by atoms with Crippen molar-refractivity contribution in [3.05, 3.63) is 192 Å². The first-order valence-corrected chi connectivity index (χ1v) is 19.3. The Balaban J connectivity index is 1.09. The molecule has 9 aromatic carbocycles. The Bertz CT molecular complexity index is 2990. The summed E-state index contributed by atoms with van der Waals surface area (Å²) >= 11 is 0. The van der Waals surface area contributed by atoms with E-state index < -0.39 is 0 Å². The Kier molecular flexibility index (Phi) is 6.46. The van der Waals surface area contributed by atoms with Gasteiger partial charge in [-0.1, -0.05) is 167 Å². The van der Waals surface area contributed by atoms with E-state index in [2.05, 4.69) is 198 Å². The highest BCUT2D eigenvalue weighted by Gasteiger charge is 2.41. The van der Waals surface area contributed by atoms with E-state index in [1.165, 1.54) is 110 Å². The van der Waals surface area contributed by atoms with Crippen LogP contribution in [0.25, 0.3) is 88.0 Å². The Labute approximate surface area is 317 Å². The van der Waals surface area contributed by atoms with Crippen LogP contribution in [0.3, 0.4) is 0 Å². The molecule has 0 aliphatic heterocycles. The molecule has 9 aromatic rings. The van der Waals surface area contributed by atoms with Crippen molar-refractivity contribution in [1.29, 1.82) is 0 Å². The van der Waals surface area contributed by atoms with Crippen LogP contribution in [0.15, 0.2) is 170 Å². The number of fused-ring (bicyclic) bond motifs is 9. The second kappa shape index (κ2) is 11.1. The lowest BCUT2D eigenvalue weighted by molar-refractivity contribution is 0.652.